The fourth-order valence-corrected chi connectivity index (χ4v) is 3.78. The van der Waals surface area contributed by atoms with Gasteiger partial charge < -0.3 is 20.1 Å². The van der Waals surface area contributed by atoms with Crippen molar-refractivity contribution < 1.29 is 19.1 Å². The highest BCUT2D eigenvalue weighted by Gasteiger charge is 2.31. The van der Waals surface area contributed by atoms with E-state index in [0.717, 1.165) is 5.56 Å². The molecule has 5 rings (SSSR count). The van der Waals surface area contributed by atoms with Crippen molar-refractivity contribution in [3.8, 4) is 22.8 Å². The second-order valence-electron chi connectivity index (χ2n) is 7.82. The van der Waals surface area contributed by atoms with E-state index in [2.05, 4.69) is 21.0 Å². The van der Waals surface area contributed by atoms with Crippen LogP contribution >= 0.6 is 0 Å². The summed E-state index contributed by atoms with van der Waals surface area (Å²) in [5, 5.41) is 13.7. The molecular formula is C23H23N5O4. The summed E-state index contributed by atoms with van der Waals surface area (Å²) in [5.74, 6) is 1.11. The Kier molecular flexibility index (Phi) is 5.24. The van der Waals surface area contributed by atoms with Crippen LogP contribution in [0.3, 0.4) is 0 Å². The minimum atomic E-state index is -0.818. The van der Waals surface area contributed by atoms with E-state index in [1.54, 1.807) is 22.9 Å². The Morgan fingerprint density at radius 1 is 1.12 bits per heavy atom. The quantitative estimate of drug-likeness (QED) is 0.583. The number of para-hydroxylation sites is 2. The molecule has 3 aromatic rings. The average Bonchev–Trinajstić information content (AvgIpc) is 3.22. The molecule has 2 aliphatic rings. The van der Waals surface area contributed by atoms with Crippen molar-refractivity contribution in [2.24, 2.45) is 0 Å². The highest BCUT2D eigenvalue weighted by atomic mass is 16.6. The van der Waals surface area contributed by atoms with E-state index in [9.17, 15) is 9.59 Å². The number of anilines is 1. The molecule has 2 aliphatic heterocycles. The van der Waals surface area contributed by atoms with Gasteiger partial charge in [0.15, 0.2) is 17.8 Å². The van der Waals surface area contributed by atoms with Crippen LogP contribution in [0, 0.1) is 0 Å². The van der Waals surface area contributed by atoms with Gasteiger partial charge in [0.1, 0.15) is 12.4 Å². The molecule has 164 valence electrons. The Bertz CT molecular complexity index is 1150. The number of amides is 2. The predicted octanol–water partition coefficient (Wildman–Crippen LogP) is 2.28. The summed E-state index contributed by atoms with van der Waals surface area (Å²) < 4.78 is 13.1. The number of aromatic nitrogens is 2. The van der Waals surface area contributed by atoms with Crippen LogP contribution in [0.1, 0.15) is 19.6 Å². The fraction of sp³-hybridized carbons (Fsp3) is 0.261. The Hall–Kier alpha value is -3.85. The topological polar surface area (TPSA) is 107 Å². The van der Waals surface area contributed by atoms with Gasteiger partial charge in [0.25, 0.3) is 5.91 Å². The molecule has 3 heterocycles. The van der Waals surface area contributed by atoms with Crippen molar-refractivity contribution in [3.05, 3.63) is 60.7 Å². The monoisotopic (exact) mass is 433 g/mol. The number of nitrogens with zero attached hydrogens (tertiary/aromatic N) is 2. The number of ether oxygens (including phenoxy) is 2. The second kappa shape index (κ2) is 8.35. The summed E-state index contributed by atoms with van der Waals surface area (Å²) in [4.78, 5) is 25.1. The van der Waals surface area contributed by atoms with Gasteiger partial charge in [-0.25, -0.2) is 4.68 Å². The number of hydrogen-bond donors (Lipinski definition) is 3. The Labute approximate surface area is 184 Å². The molecule has 1 fully saturated rings. The minimum absolute atomic E-state index is 0.0340. The molecule has 1 saturated heterocycles. The minimum Gasteiger partial charge on any atom is -0.485 e. The lowest BCUT2D eigenvalue weighted by Gasteiger charge is -2.31. The fourth-order valence-electron chi connectivity index (χ4n) is 3.78. The normalized spacial score (nSPS) is 22.2. The molecule has 9 heteroatoms. The molecule has 0 spiro atoms. The van der Waals surface area contributed by atoms with E-state index in [-0.39, 0.29) is 24.5 Å². The number of benzene rings is 2. The summed E-state index contributed by atoms with van der Waals surface area (Å²) in [6.07, 6.45) is -1.04. The Balaban J connectivity index is 1.42. The molecule has 0 aliphatic carbocycles. The Morgan fingerprint density at radius 3 is 2.66 bits per heavy atom. The third-order valence-corrected chi connectivity index (χ3v) is 5.33. The molecule has 3 N–H and O–H groups in total. The van der Waals surface area contributed by atoms with E-state index in [1.807, 2.05) is 49.4 Å². The number of nitrogens with one attached hydrogen (secondary N) is 3. The molecule has 32 heavy (non-hydrogen) atoms. The third kappa shape index (κ3) is 4.02. The third-order valence-electron chi connectivity index (χ3n) is 5.33. The largest absolute Gasteiger partial charge is 0.485 e. The molecule has 0 saturated carbocycles. The van der Waals surface area contributed by atoms with E-state index in [1.165, 1.54) is 0 Å². The van der Waals surface area contributed by atoms with Crippen LogP contribution < -0.4 is 25.4 Å². The summed E-state index contributed by atoms with van der Waals surface area (Å²) in [6.45, 7) is 2.02. The lowest BCUT2D eigenvalue weighted by atomic mass is 10.1. The van der Waals surface area contributed by atoms with Crippen LogP contribution in [0.5, 0.6) is 11.5 Å². The summed E-state index contributed by atoms with van der Waals surface area (Å²) in [6, 6.07) is 18.6. The van der Waals surface area contributed by atoms with Crippen molar-refractivity contribution in [2.75, 3.05) is 11.9 Å². The second-order valence-corrected chi connectivity index (χ2v) is 7.82. The molecule has 9 nitrogen and oxygen atoms in total. The summed E-state index contributed by atoms with van der Waals surface area (Å²) in [7, 11) is 0. The highest BCUT2D eigenvalue weighted by Crippen LogP contribution is 2.31. The zero-order chi connectivity index (χ0) is 22.1. The first-order valence-electron chi connectivity index (χ1n) is 10.5. The van der Waals surface area contributed by atoms with Crippen LogP contribution in [0.25, 0.3) is 11.3 Å². The highest BCUT2D eigenvalue weighted by molar-refractivity contribution is 5.94. The average molecular weight is 433 g/mol. The van der Waals surface area contributed by atoms with Gasteiger partial charge in [0, 0.05) is 24.1 Å². The predicted molar refractivity (Wildman–Crippen MR) is 117 cm³/mol. The lowest BCUT2D eigenvalue weighted by molar-refractivity contribution is -0.125. The van der Waals surface area contributed by atoms with Crippen LogP contribution in [0.2, 0.25) is 0 Å². The number of carbonyl (C=O) groups is 2. The molecular weight excluding hydrogens is 410 g/mol. The summed E-state index contributed by atoms with van der Waals surface area (Å²) in [5.41, 5.74) is 1.56. The smallest absolute Gasteiger partial charge is 0.270 e. The zero-order valence-electron chi connectivity index (χ0n) is 17.4. The Morgan fingerprint density at radius 2 is 1.88 bits per heavy atom. The SMILES string of the molecule is CC1CC(=O)NC(n2nc(-c3ccccc3)cc2NC(=O)C2COc3ccccc3O2)N1. The van der Waals surface area contributed by atoms with E-state index < -0.39 is 12.4 Å². The van der Waals surface area contributed by atoms with Gasteiger partial charge in [-0.2, -0.15) is 5.10 Å². The molecule has 2 aromatic carbocycles. The first kappa shape index (κ1) is 20.1. The molecule has 1 aromatic heterocycles. The number of carbonyl (C=O) groups excluding carboxylic acids is 2. The summed E-state index contributed by atoms with van der Waals surface area (Å²) >= 11 is 0. The molecule has 0 radical (unpaired) electrons. The van der Waals surface area contributed by atoms with Crippen molar-refractivity contribution in [3.63, 3.8) is 0 Å². The van der Waals surface area contributed by atoms with Crippen LogP contribution in [-0.4, -0.2) is 40.3 Å². The van der Waals surface area contributed by atoms with Crippen molar-refractivity contribution in [2.45, 2.75) is 31.8 Å². The number of fused-ring (bicyclic) bond motifs is 1. The van der Waals surface area contributed by atoms with E-state index in [0.29, 0.717) is 29.4 Å². The van der Waals surface area contributed by atoms with Crippen LogP contribution in [0.4, 0.5) is 5.82 Å². The van der Waals surface area contributed by atoms with Crippen molar-refractivity contribution >= 4 is 17.6 Å². The van der Waals surface area contributed by atoms with Gasteiger partial charge in [-0.1, -0.05) is 42.5 Å². The number of rotatable bonds is 4. The number of hydrogen-bond acceptors (Lipinski definition) is 6. The standard InChI is InChI=1S/C23H23N5O4/c1-14-11-21(29)26-23(24-14)28-20(12-16(27-28)15-7-3-2-4-8-15)25-22(30)19-13-31-17-9-5-6-10-18(17)32-19/h2-10,12,14,19,23-24H,11,13H2,1H3,(H,25,30)(H,26,29). The zero-order valence-corrected chi connectivity index (χ0v) is 17.4. The van der Waals surface area contributed by atoms with Gasteiger partial charge in [0.2, 0.25) is 12.0 Å². The maximum Gasteiger partial charge on any atom is 0.270 e. The van der Waals surface area contributed by atoms with Gasteiger partial charge >= 0.3 is 0 Å². The van der Waals surface area contributed by atoms with Crippen molar-refractivity contribution in [1.82, 2.24) is 20.4 Å². The first-order valence-corrected chi connectivity index (χ1v) is 10.5. The van der Waals surface area contributed by atoms with Gasteiger partial charge in [0.05, 0.1) is 5.69 Å². The van der Waals surface area contributed by atoms with Crippen LogP contribution in [0.15, 0.2) is 60.7 Å². The maximum atomic E-state index is 13.0. The first-order chi connectivity index (χ1) is 15.6. The van der Waals surface area contributed by atoms with Crippen LogP contribution in [-0.2, 0) is 9.59 Å². The van der Waals surface area contributed by atoms with E-state index >= 15 is 0 Å². The van der Waals surface area contributed by atoms with Gasteiger partial charge in [-0.15, -0.1) is 0 Å². The van der Waals surface area contributed by atoms with E-state index in [4.69, 9.17) is 9.47 Å². The maximum absolute atomic E-state index is 13.0. The molecule has 2 amide bonds. The molecule has 0 bridgehead atoms. The molecule has 3 unspecified atom stereocenters. The van der Waals surface area contributed by atoms with Crippen molar-refractivity contribution in [1.29, 1.82) is 0 Å². The molecule has 3 atom stereocenters. The van der Waals surface area contributed by atoms with Gasteiger partial charge in [-0.05, 0) is 19.1 Å². The lowest BCUT2D eigenvalue weighted by Crippen LogP contribution is -2.52. The van der Waals surface area contributed by atoms with Gasteiger partial charge in [-0.3, -0.25) is 14.9 Å².